The van der Waals surface area contributed by atoms with E-state index in [9.17, 15) is 4.79 Å². The summed E-state index contributed by atoms with van der Waals surface area (Å²) in [6.07, 6.45) is 4.65. The summed E-state index contributed by atoms with van der Waals surface area (Å²) < 4.78 is 0. The highest BCUT2D eigenvalue weighted by Gasteiger charge is 2.11. The van der Waals surface area contributed by atoms with Crippen LogP contribution in [0, 0.1) is 0 Å². The monoisotopic (exact) mass is 303 g/mol. The summed E-state index contributed by atoms with van der Waals surface area (Å²) in [5, 5.41) is 3.80. The first-order valence-electron chi connectivity index (χ1n) is 7.30. The lowest BCUT2D eigenvalue weighted by atomic mass is 10.1. The van der Waals surface area contributed by atoms with Crippen LogP contribution in [0.25, 0.3) is 11.3 Å². The summed E-state index contributed by atoms with van der Waals surface area (Å²) in [4.78, 5) is 16.3. The third kappa shape index (κ3) is 4.95. The van der Waals surface area contributed by atoms with Crippen molar-refractivity contribution in [2.45, 2.75) is 32.1 Å². The molecule has 0 aliphatic rings. The number of amides is 1. The first kappa shape index (κ1) is 15.7. The van der Waals surface area contributed by atoms with Crippen molar-refractivity contribution < 1.29 is 4.79 Å². The maximum absolute atomic E-state index is 12.0. The number of anilines is 1. The summed E-state index contributed by atoms with van der Waals surface area (Å²) in [5.41, 5.74) is 9.08. The Morgan fingerprint density at radius 2 is 1.90 bits per heavy atom. The minimum atomic E-state index is 0.0594. The second-order valence-corrected chi connectivity index (χ2v) is 5.75. The number of nitrogens with two attached hydrogens (primary N) is 1. The van der Waals surface area contributed by atoms with E-state index in [2.05, 4.69) is 10.3 Å². The van der Waals surface area contributed by atoms with Crippen molar-refractivity contribution in [2.24, 2.45) is 5.73 Å². The molecule has 0 atom stereocenters. The molecule has 1 aromatic heterocycles. The molecule has 0 saturated heterocycles. The Morgan fingerprint density at radius 1 is 1.14 bits per heavy atom. The van der Waals surface area contributed by atoms with Crippen LogP contribution in [0.4, 0.5) is 5.00 Å². The zero-order valence-electron chi connectivity index (χ0n) is 12.0. The number of carbonyl (C=O) groups excluding carboxylic acids is 1. The number of thiazole rings is 1. The predicted octanol–water partition coefficient (Wildman–Crippen LogP) is 3.66. The van der Waals surface area contributed by atoms with Gasteiger partial charge in [0.25, 0.3) is 0 Å². The third-order valence-electron chi connectivity index (χ3n) is 3.23. The number of carbonyl (C=O) groups is 1. The summed E-state index contributed by atoms with van der Waals surface area (Å²) in [7, 11) is 0. The van der Waals surface area contributed by atoms with Crippen molar-refractivity contribution in [3.05, 3.63) is 35.8 Å². The van der Waals surface area contributed by atoms with Crippen LogP contribution >= 0.6 is 11.3 Å². The fraction of sp³-hybridized carbons (Fsp3) is 0.375. The molecule has 4 nitrogen and oxygen atoms in total. The second-order valence-electron chi connectivity index (χ2n) is 4.90. The van der Waals surface area contributed by atoms with Gasteiger partial charge < -0.3 is 11.1 Å². The van der Waals surface area contributed by atoms with Gasteiger partial charge in [0.2, 0.25) is 5.91 Å². The molecule has 0 fully saturated rings. The molecule has 0 unspecified atom stereocenters. The Labute approximate surface area is 129 Å². The van der Waals surface area contributed by atoms with Crippen molar-refractivity contribution >= 4 is 22.2 Å². The lowest BCUT2D eigenvalue weighted by Gasteiger charge is -2.05. The van der Waals surface area contributed by atoms with Gasteiger partial charge in [0, 0.05) is 12.0 Å². The average Bonchev–Trinajstić information content (AvgIpc) is 2.96. The van der Waals surface area contributed by atoms with Gasteiger partial charge in [0.15, 0.2) is 0 Å². The van der Waals surface area contributed by atoms with Crippen LogP contribution in [0.2, 0.25) is 0 Å². The minimum absolute atomic E-state index is 0.0594. The van der Waals surface area contributed by atoms with Crippen LogP contribution in [-0.4, -0.2) is 17.4 Å². The molecule has 0 saturated carbocycles. The molecule has 0 aliphatic heterocycles. The van der Waals surface area contributed by atoms with Crippen LogP contribution in [0.3, 0.4) is 0 Å². The van der Waals surface area contributed by atoms with E-state index in [1.54, 1.807) is 5.51 Å². The normalized spacial score (nSPS) is 10.5. The van der Waals surface area contributed by atoms with Gasteiger partial charge in [-0.1, -0.05) is 43.2 Å². The molecule has 1 aromatic carbocycles. The van der Waals surface area contributed by atoms with Gasteiger partial charge in [0.1, 0.15) is 10.7 Å². The van der Waals surface area contributed by atoms with Gasteiger partial charge >= 0.3 is 0 Å². The van der Waals surface area contributed by atoms with E-state index in [1.165, 1.54) is 11.3 Å². The molecular formula is C16H21N3OS. The predicted molar refractivity (Wildman–Crippen MR) is 88.3 cm³/mol. The Kier molecular flexibility index (Phi) is 6.37. The summed E-state index contributed by atoms with van der Waals surface area (Å²) in [6.45, 7) is 0.730. The van der Waals surface area contributed by atoms with E-state index < -0.39 is 0 Å². The lowest BCUT2D eigenvalue weighted by Crippen LogP contribution is -2.10. The number of benzene rings is 1. The van der Waals surface area contributed by atoms with Gasteiger partial charge in [0.05, 0.1) is 5.51 Å². The molecule has 3 N–H and O–H groups in total. The Hall–Kier alpha value is -1.72. The van der Waals surface area contributed by atoms with E-state index in [-0.39, 0.29) is 5.91 Å². The smallest absolute Gasteiger partial charge is 0.225 e. The fourth-order valence-electron chi connectivity index (χ4n) is 2.11. The average molecular weight is 303 g/mol. The highest BCUT2D eigenvalue weighted by atomic mass is 32.1. The third-order valence-corrected chi connectivity index (χ3v) is 3.97. The Bertz CT molecular complexity index is 554. The largest absolute Gasteiger partial charge is 0.330 e. The highest BCUT2D eigenvalue weighted by molar-refractivity contribution is 7.14. The number of unbranched alkanes of at least 4 members (excludes halogenated alkanes) is 3. The number of hydrogen-bond donors (Lipinski definition) is 2. The van der Waals surface area contributed by atoms with Gasteiger partial charge in [-0.05, 0) is 19.4 Å². The number of hydrogen-bond acceptors (Lipinski definition) is 4. The molecule has 1 amide bonds. The van der Waals surface area contributed by atoms with Gasteiger partial charge in [-0.25, -0.2) is 4.98 Å². The number of rotatable bonds is 8. The molecule has 0 spiro atoms. The molecule has 112 valence electrons. The quantitative estimate of drug-likeness (QED) is 0.731. The molecule has 2 aromatic rings. The topological polar surface area (TPSA) is 68.0 Å². The standard InChI is InChI=1S/C16H21N3OS/c17-11-7-2-1-6-10-14(20)19-16-15(18-12-21-16)13-8-4-3-5-9-13/h3-5,8-9,12H,1-2,6-7,10-11,17H2,(H,19,20). The Balaban J connectivity index is 1.86. The lowest BCUT2D eigenvalue weighted by molar-refractivity contribution is -0.116. The van der Waals surface area contributed by atoms with Crippen LogP contribution in [-0.2, 0) is 4.79 Å². The number of nitrogens with one attached hydrogen (secondary N) is 1. The van der Waals surface area contributed by atoms with Gasteiger partial charge in [-0.2, -0.15) is 0 Å². The van der Waals surface area contributed by atoms with E-state index >= 15 is 0 Å². The van der Waals surface area contributed by atoms with Gasteiger partial charge in [-0.15, -0.1) is 11.3 Å². The summed E-state index contributed by atoms with van der Waals surface area (Å²) >= 11 is 1.46. The highest BCUT2D eigenvalue weighted by Crippen LogP contribution is 2.30. The number of nitrogens with zero attached hydrogens (tertiary/aromatic N) is 1. The molecule has 0 aliphatic carbocycles. The zero-order valence-corrected chi connectivity index (χ0v) is 12.9. The maximum atomic E-state index is 12.0. The molecule has 5 heteroatoms. The van der Waals surface area contributed by atoms with Crippen LogP contribution in [0.15, 0.2) is 35.8 Å². The zero-order chi connectivity index (χ0) is 14.9. The van der Waals surface area contributed by atoms with E-state index in [0.717, 1.165) is 48.5 Å². The van der Waals surface area contributed by atoms with Gasteiger partial charge in [-0.3, -0.25) is 4.79 Å². The van der Waals surface area contributed by atoms with E-state index in [0.29, 0.717) is 6.42 Å². The number of aromatic nitrogens is 1. The molecule has 21 heavy (non-hydrogen) atoms. The SMILES string of the molecule is NCCCCCCC(=O)Nc1scnc1-c1ccccc1. The van der Waals surface area contributed by atoms with Crippen LogP contribution < -0.4 is 11.1 Å². The molecular weight excluding hydrogens is 282 g/mol. The first-order chi connectivity index (χ1) is 10.3. The first-order valence-corrected chi connectivity index (χ1v) is 8.18. The Morgan fingerprint density at radius 3 is 2.67 bits per heavy atom. The van der Waals surface area contributed by atoms with E-state index in [4.69, 9.17) is 5.73 Å². The van der Waals surface area contributed by atoms with E-state index in [1.807, 2.05) is 30.3 Å². The molecule has 1 heterocycles. The molecule has 0 bridgehead atoms. The van der Waals surface area contributed by atoms with Crippen molar-refractivity contribution in [3.63, 3.8) is 0 Å². The minimum Gasteiger partial charge on any atom is -0.330 e. The van der Waals surface area contributed by atoms with Crippen molar-refractivity contribution in [2.75, 3.05) is 11.9 Å². The van der Waals surface area contributed by atoms with Crippen molar-refractivity contribution in [3.8, 4) is 11.3 Å². The molecule has 0 radical (unpaired) electrons. The summed E-state index contributed by atoms with van der Waals surface area (Å²) in [6, 6.07) is 9.90. The molecule has 2 rings (SSSR count). The maximum Gasteiger partial charge on any atom is 0.225 e. The van der Waals surface area contributed by atoms with Crippen molar-refractivity contribution in [1.82, 2.24) is 4.98 Å². The van der Waals surface area contributed by atoms with Crippen molar-refractivity contribution in [1.29, 1.82) is 0 Å². The van der Waals surface area contributed by atoms with Crippen LogP contribution in [0.5, 0.6) is 0 Å². The summed E-state index contributed by atoms with van der Waals surface area (Å²) in [5.74, 6) is 0.0594. The second kappa shape index (κ2) is 8.54. The van der Waals surface area contributed by atoms with Crippen LogP contribution in [0.1, 0.15) is 32.1 Å². The fourth-order valence-corrected chi connectivity index (χ4v) is 2.83.